The highest BCUT2D eigenvalue weighted by Crippen LogP contribution is 2.29. The Morgan fingerprint density at radius 3 is 2.44 bits per heavy atom. The number of pyridine rings is 2. The van der Waals surface area contributed by atoms with Crippen LogP contribution in [0.5, 0.6) is 0 Å². The first-order chi connectivity index (χ1) is 15.0. The third kappa shape index (κ3) is 5.36. The van der Waals surface area contributed by atoms with Crippen molar-refractivity contribution in [1.82, 2.24) is 14.9 Å². The number of nitrogens with zero attached hydrogens (tertiary/aromatic N) is 3. The largest absolute Gasteiger partial charge is 0.417 e. The van der Waals surface area contributed by atoms with Crippen molar-refractivity contribution in [3.8, 4) is 0 Å². The highest BCUT2D eigenvalue weighted by Gasteiger charge is 2.31. The molecule has 0 aliphatic rings. The Kier molecular flexibility index (Phi) is 6.71. The Labute approximate surface area is 185 Å². The summed E-state index contributed by atoms with van der Waals surface area (Å²) in [5, 5.41) is 0.798. The highest BCUT2D eigenvalue weighted by molar-refractivity contribution is 5.98. The second-order valence-electron chi connectivity index (χ2n) is 8.55. The molecule has 32 heavy (non-hydrogen) atoms. The number of carbonyl (C=O) groups excluding carboxylic acids is 1. The molecule has 5 nitrogen and oxygen atoms in total. The second kappa shape index (κ2) is 9.14. The Hall–Kier alpha value is -3.16. The molecule has 0 unspecified atom stereocenters. The maximum atomic E-state index is 13.5. The number of amides is 1. The van der Waals surface area contributed by atoms with E-state index in [1.807, 2.05) is 19.9 Å². The van der Waals surface area contributed by atoms with Gasteiger partial charge < -0.3 is 10.6 Å². The number of halogens is 3. The van der Waals surface area contributed by atoms with Crippen molar-refractivity contribution < 1.29 is 18.0 Å². The predicted octanol–water partition coefficient (Wildman–Crippen LogP) is 5.62. The van der Waals surface area contributed by atoms with E-state index in [1.165, 1.54) is 6.07 Å². The molecular formula is C24H27F3N4O. The van der Waals surface area contributed by atoms with Crippen LogP contribution in [0.1, 0.15) is 54.4 Å². The van der Waals surface area contributed by atoms with Gasteiger partial charge in [0.15, 0.2) is 0 Å². The number of hydrogen-bond acceptors (Lipinski definition) is 4. The minimum absolute atomic E-state index is 0.113. The number of aryl methyl sites for hydroxylation is 1. The predicted molar refractivity (Wildman–Crippen MR) is 119 cm³/mol. The summed E-state index contributed by atoms with van der Waals surface area (Å²) in [6.07, 6.45) is -2.90. The van der Waals surface area contributed by atoms with Gasteiger partial charge in [-0.15, -0.1) is 0 Å². The molecular weight excluding hydrogens is 417 g/mol. The van der Waals surface area contributed by atoms with Gasteiger partial charge in [-0.2, -0.15) is 13.2 Å². The minimum Gasteiger partial charge on any atom is -0.383 e. The van der Waals surface area contributed by atoms with Crippen LogP contribution in [0.4, 0.5) is 19.0 Å². The van der Waals surface area contributed by atoms with Crippen molar-refractivity contribution >= 4 is 22.6 Å². The van der Waals surface area contributed by atoms with E-state index in [1.54, 1.807) is 23.1 Å². The van der Waals surface area contributed by atoms with Crippen molar-refractivity contribution in [3.05, 3.63) is 65.0 Å². The smallest absolute Gasteiger partial charge is 0.383 e. The van der Waals surface area contributed by atoms with Crippen LogP contribution in [0.3, 0.4) is 0 Å². The Bertz CT molecular complexity index is 1110. The lowest BCUT2D eigenvalue weighted by atomic mass is 10.0. The summed E-state index contributed by atoms with van der Waals surface area (Å²) in [5.74, 6) is 0.570. The molecule has 0 aliphatic heterocycles. The number of carbonyl (C=O) groups is 1. The van der Waals surface area contributed by atoms with E-state index in [4.69, 9.17) is 5.73 Å². The Morgan fingerprint density at radius 1 is 1.12 bits per heavy atom. The molecule has 170 valence electrons. The lowest BCUT2D eigenvalue weighted by Gasteiger charge is -2.30. The maximum absolute atomic E-state index is 13.5. The van der Waals surface area contributed by atoms with Crippen LogP contribution in [0.2, 0.25) is 0 Å². The van der Waals surface area contributed by atoms with E-state index < -0.39 is 11.7 Å². The number of fused-ring (bicyclic) bond motifs is 1. The molecule has 0 saturated heterocycles. The van der Waals surface area contributed by atoms with Crippen molar-refractivity contribution in [3.63, 3.8) is 0 Å². The van der Waals surface area contributed by atoms with Crippen LogP contribution in [0, 0.1) is 12.8 Å². The van der Waals surface area contributed by atoms with Gasteiger partial charge in [0, 0.05) is 23.2 Å². The standard InChI is InChI=1S/C24H27F3N4O/c1-14(2)9-16(4)31(13-20-7-6-19(12-29-20)24(25,26)27)23(32)17-5-8-21-18(11-17)10-15(3)22(28)30-21/h5-8,10-12,14,16H,9,13H2,1-4H3,(H2,28,30)/t16-/m1/s1. The average molecular weight is 445 g/mol. The molecule has 0 spiro atoms. The van der Waals surface area contributed by atoms with Crippen molar-refractivity contribution in [2.24, 2.45) is 5.92 Å². The zero-order valence-electron chi connectivity index (χ0n) is 18.6. The van der Waals surface area contributed by atoms with Crippen LogP contribution in [0.25, 0.3) is 10.9 Å². The van der Waals surface area contributed by atoms with Gasteiger partial charge in [0.2, 0.25) is 0 Å². The number of anilines is 1. The fraction of sp³-hybridized carbons (Fsp3) is 0.375. The lowest BCUT2D eigenvalue weighted by molar-refractivity contribution is -0.137. The molecule has 1 atom stereocenters. The number of benzene rings is 1. The molecule has 1 amide bonds. The average Bonchev–Trinajstić information content (AvgIpc) is 2.71. The fourth-order valence-electron chi connectivity index (χ4n) is 3.69. The molecule has 0 aliphatic carbocycles. The monoisotopic (exact) mass is 444 g/mol. The van der Waals surface area contributed by atoms with Crippen molar-refractivity contribution in [2.75, 3.05) is 5.73 Å². The van der Waals surface area contributed by atoms with Gasteiger partial charge in [0.1, 0.15) is 5.82 Å². The van der Waals surface area contributed by atoms with Crippen LogP contribution in [0.15, 0.2) is 42.6 Å². The SMILES string of the molecule is Cc1cc2cc(C(=O)N(Cc3ccc(C(F)(F)F)cn3)[C@H](C)CC(C)C)ccc2nc1N. The zero-order chi connectivity index (χ0) is 23.6. The number of aromatic nitrogens is 2. The summed E-state index contributed by atoms with van der Waals surface area (Å²) in [5.41, 5.74) is 7.45. The van der Waals surface area contributed by atoms with E-state index in [-0.39, 0.29) is 18.5 Å². The molecule has 1 aromatic carbocycles. The fourth-order valence-corrected chi connectivity index (χ4v) is 3.69. The molecule has 3 rings (SSSR count). The quantitative estimate of drug-likeness (QED) is 0.536. The number of nitrogens with two attached hydrogens (primary N) is 1. The Morgan fingerprint density at radius 2 is 1.84 bits per heavy atom. The first-order valence-corrected chi connectivity index (χ1v) is 10.5. The number of alkyl halides is 3. The molecule has 2 aromatic heterocycles. The minimum atomic E-state index is -4.45. The topological polar surface area (TPSA) is 72.1 Å². The molecule has 2 N–H and O–H groups in total. The molecule has 0 saturated carbocycles. The zero-order valence-corrected chi connectivity index (χ0v) is 18.6. The van der Waals surface area contributed by atoms with E-state index in [2.05, 4.69) is 23.8 Å². The molecule has 0 radical (unpaired) electrons. The summed E-state index contributed by atoms with van der Waals surface area (Å²) < 4.78 is 38.6. The first kappa shape index (κ1) is 23.5. The van der Waals surface area contributed by atoms with Gasteiger partial charge in [0.05, 0.1) is 23.3 Å². The lowest BCUT2D eigenvalue weighted by Crippen LogP contribution is -2.39. The van der Waals surface area contributed by atoms with Gasteiger partial charge in [0.25, 0.3) is 5.91 Å². The molecule has 3 aromatic rings. The Balaban J connectivity index is 1.93. The van der Waals surface area contributed by atoms with Crippen LogP contribution in [-0.4, -0.2) is 26.8 Å². The number of rotatable bonds is 6. The first-order valence-electron chi connectivity index (χ1n) is 10.5. The summed E-state index contributed by atoms with van der Waals surface area (Å²) in [6.45, 7) is 8.02. The molecule has 2 heterocycles. The summed E-state index contributed by atoms with van der Waals surface area (Å²) in [7, 11) is 0. The molecule has 0 bridgehead atoms. The van der Waals surface area contributed by atoms with E-state index in [0.717, 1.165) is 29.6 Å². The third-order valence-electron chi connectivity index (χ3n) is 5.38. The second-order valence-corrected chi connectivity index (χ2v) is 8.55. The number of nitrogen functional groups attached to an aromatic ring is 1. The highest BCUT2D eigenvalue weighted by atomic mass is 19.4. The van der Waals surface area contributed by atoms with E-state index in [9.17, 15) is 18.0 Å². The van der Waals surface area contributed by atoms with E-state index >= 15 is 0 Å². The summed E-state index contributed by atoms with van der Waals surface area (Å²) in [4.78, 5) is 23.4. The third-order valence-corrected chi connectivity index (χ3v) is 5.38. The maximum Gasteiger partial charge on any atom is 0.417 e. The molecule has 0 fully saturated rings. The summed E-state index contributed by atoms with van der Waals surface area (Å²) >= 11 is 0. The van der Waals surface area contributed by atoms with Gasteiger partial charge >= 0.3 is 6.18 Å². The van der Waals surface area contributed by atoms with Crippen LogP contribution < -0.4 is 5.73 Å². The van der Waals surface area contributed by atoms with Gasteiger partial charge in [-0.05, 0) is 68.1 Å². The van der Waals surface area contributed by atoms with E-state index in [0.29, 0.717) is 28.5 Å². The normalized spacial score (nSPS) is 12.9. The van der Waals surface area contributed by atoms with Crippen molar-refractivity contribution in [1.29, 1.82) is 0 Å². The van der Waals surface area contributed by atoms with Crippen LogP contribution >= 0.6 is 0 Å². The van der Waals surface area contributed by atoms with Gasteiger partial charge in [-0.3, -0.25) is 9.78 Å². The molecule has 8 heteroatoms. The summed E-state index contributed by atoms with van der Waals surface area (Å²) in [6, 6.07) is 9.28. The van der Waals surface area contributed by atoms with Gasteiger partial charge in [-0.25, -0.2) is 4.98 Å². The van der Waals surface area contributed by atoms with Crippen LogP contribution in [-0.2, 0) is 12.7 Å². The van der Waals surface area contributed by atoms with Gasteiger partial charge in [-0.1, -0.05) is 13.8 Å². The number of hydrogen-bond donors (Lipinski definition) is 1. The van der Waals surface area contributed by atoms with Crippen molar-refractivity contribution in [2.45, 2.75) is 52.9 Å².